The first-order valence-electron chi connectivity index (χ1n) is 16.1. The van der Waals surface area contributed by atoms with E-state index in [1.807, 2.05) is 84.3 Å². The Labute approximate surface area is 288 Å². The zero-order valence-corrected chi connectivity index (χ0v) is 29.5. The molecule has 0 radical (unpaired) electrons. The van der Waals surface area contributed by atoms with Gasteiger partial charge < -0.3 is 38.2 Å². The van der Waals surface area contributed by atoms with E-state index in [4.69, 9.17) is 28.4 Å². The molecule has 1 aliphatic heterocycles. The molecule has 0 bridgehead atoms. The molecule has 4 aromatic carbocycles. The highest BCUT2D eigenvalue weighted by Crippen LogP contribution is 2.43. The van der Waals surface area contributed by atoms with Crippen LogP contribution in [0.3, 0.4) is 0 Å². The van der Waals surface area contributed by atoms with Crippen LogP contribution in [0, 0.1) is 13.8 Å². The minimum atomic E-state index is -0.0805. The molecule has 1 fully saturated rings. The van der Waals surface area contributed by atoms with Gasteiger partial charge in [0.1, 0.15) is 0 Å². The van der Waals surface area contributed by atoms with Gasteiger partial charge in [0.2, 0.25) is 11.5 Å². The number of rotatable bonds is 10. The number of hydrogen-bond donors (Lipinski definition) is 0. The molecule has 0 aromatic heterocycles. The van der Waals surface area contributed by atoms with Crippen LogP contribution in [0.2, 0.25) is 0 Å². The number of nitrogens with zero attached hydrogens (tertiary/aromatic N) is 2. The molecule has 0 unspecified atom stereocenters. The van der Waals surface area contributed by atoms with E-state index in [0.29, 0.717) is 78.2 Å². The van der Waals surface area contributed by atoms with Crippen LogP contribution < -0.4 is 28.4 Å². The van der Waals surface area contributed by atoms with Gasteiger partial charge in [0.15, 0.2) is 23.0 Å². The molecule has 10 heteroatoms. The van der Waals surface area contributed by atoms with Gasteiger partial charge in [-0.05, 0) is 102 Å². The second-order valence-electron chi connectivity index (χ2n) is 11.8. The highest BCUT2D eigenvalue weighted by atomic mass is 16.5. The van der Waals surface area contributed by atoms with Crippen molar-refractivity contribution in [3.05, 3.63) is 82.9 Å². The lowest BCUT2D eigenvalue weighted by Crippen LogP contribution is -2.37. The van der Waals surface area contributed by atoms with Gasteiger partial charge in [-0.2, -0.15) is 0 Å². The average molecular weight is 669 g/mol. The SMILES string of the molecule is COc1cc(-c2cc(C(=O)N3CCCN(C(=O)c4ccc(C)c(-c5cc(OC)c(OC)c(OC)c5)c4)CC3)ccc2C)cc(OC)c1OC. The van der Waals surface area contributed by atoms with Gasteiger partial charge in [0, 0.05) is 37.3 Å². The van der Waals surface area contributed by atoms with Crippen LogP contribution in [0.5, 0.6) is 34.5 Å². The summed E-state index contributed by atoms with van der Waals surface area (Å²) in [6, 6.07) is 18.9. The number of carbonyl (C=O) groups is 2. The van der Waals surface area contributed by atoms with Crippen molar-refractivity contribution >= 4 is 11.8 Å². The molecule has 4 aromatic rings. The van der Waals surface area contributed by atoms with Crippen molar-refractivity contribution in [2.45, 2.75) is 20.3 Å². The van der Waals surface area contributed by atoms with Gasteiger partial charge in [0.05, 0.1) is 42.7 Å². The zero-order chi connectivity index (χ0) is 35.2. The highest BCUT2D eigenvalue weighted by molar-refractivity contribution is 5.97. The number of methoxy groups -OCH3 is 6. The van der Waals surface area contributed by atoms with Gasteiger partial charge in [0.25, 0.3) is 11.8 Å². The van der Waals surface area contributed by atoms with E-state index < -0.39 is 0 Å². The Hall–Kier alpha value is -5.38. The number of hydrogen-bond acceptors (Lipinski definition) is 8. The van der Waals surface area contributed by atoms with Crippen LogP contribution in [0.15, 0.2) is 60.7 Å². The molecule has 10 nitrogen and oxygen atoms in total. The van der Waals surface area contributed by atoms with Crippen LogP contribution in [-0.2, 0) is 0 Å². The normalized spacial score (nSPS) is 13.0. The van der Waals surface area contributed by atoms with Gasteiger partial charge in [-0.15, -0.1) is 0 Å². The van der Waals surface area contributed by atoms with E-state index in [-0.39, 0.29) is 11.8 Å². The van der Waals surface area contributed by atoms with E-state index in [0.717, 1.165) is 33.4 Å². The van der Waals surface area contributed by atoms with E-state index in [1.165, 1.54) is 0 Å². The van der Waals surface area contributed by atoms with Gasteiger partial charge >= 0.3 is 0 Å². The molecule has 0 saturated carbocycles. The molecule has 258 valence electrons. The summed E-state index contributed by atoms with van der Waals surface area (Å²) < 4.78 is 33.2. The summed E-state index contributed by atoms with van der Waals surface area (Å²) in [6.07, 6.45) is 0.661. The topological polar surface area (TPSA) is 96.0 Å². The lowest BCUT2D eigenvalue weighted by molar-refractivity contribution is 0.0719. The van der Waals surface area contributed by atoms with Gasteiger partial charge in [-0.3, -0.25) is 9.59 Å². The van der Waals surface area contributed by atoms with Crippen LogP contribution in [0.4, 0.5) is 0 Å². The predicted molar refractivity (Wildman–Crippen MR) is 189 cm³/mol. The molecule has 49 heavy (non-hydrogen) atoms. The lowest BCUT2D eigenvalue weighted by Gasteiger charge is -2.23. The smallest absolute Gasteiger partial charge is 0.253 e. The second-order valence-corrected chi connectivity index (χ2v) is 11.8. The van der Waals surface area contributed by atoms with E-state index in [1.54, 1.807) is 42.7 Å². The molecular formula is C39H44N2O8. The van der Waals surface area contributed by atoms with E-state index in [2.05, 4.69) is 0 Å². The third-order valence-corrected chi connectivity index (χ3v) is 8.99. The van der Waals surface area contributed by atoms with Crippen LogP contribution in [0.1, 0.15) is 38.3 Å². The predicted octanol–water partition coefficient (Wildman–Crippen LogP) is 6.68. The minimum Gasteiger partial charge on any atom is -0.493 e. The summed E-state index contributed by atoms with van der Waals surface area (Å²) in [4.78, 5) is 31.4. The number of benzene rings is 4. The van der Waals surface area contributed by atoms with Gasteiger partial charge in [-0.1, -0.05) is 12.1 Å². The molecular weight excluding hydrogens is 624 g/mol. The fourth-order valence-corrected chi connectivity index (χ4v) is 6.29. The number of ether oxygens (including phenoxy) is 6. The average Bonchev–Trinajstić information content (AvgIpc) is 3.39. The third kappa shape index (κ3) is 7.09. The van der Waals surface area contributed by atoms with Crippen LogP contribution in [-0.4, -0.2) is 90.5 Å². The standard InChI is InChI=1S/C39H44N2O8/c1-24-10-12-26(18-30(24)28-20-32(44-3)36(48-7)33(21-28)45-4)38(42)40-14-9-15-41(17-16-40)39(43)27-13-11-25(2)31(19-27)29-22-34(46-5)37(49-8)35(23-29)47-6/h10-13,18-23H,9,14-17H2,1-8H3. The molecule has 0 aliphatic carbocycles. The Morgan fingerprint density at radius 1 is 0.490 bits per heavy atom. The summed E-state index contributed by atoms with van der Waals surface area (Å²) in [5.41, 5.74) is 6.62. The van der Waals surface area contributed by atoms with Crippen molar-refractivity contribution in [3.8, 4) is 56.8 Å². The Balaban J connectivity index is 1.35. The van der Waals surface area contributed by atoms with Gasteiger partial charge in [-0.25, -0.2) is 0 Å². The maximum atomic E-state index is 13.9. The minimum absolute atomic E-state index is 0.0805. The molecule has 1 saturated heterocycles. The molecule has 1 aliphatic rings. The molecule has 1 heterocycles. The quantitative estimate of drug-likeness (QED) is 0.185. The van der Waals surface area contributed by atoms with E-state index in [9.17, 15) is 9.59 Å². The highest BCUT2D eigenvalue weighted by Gasteiger charge is 2.25. The largest absolute Gasteiger partial charge is 0.493 e. The van der Waals surface area contributed by atoms with Crippen LogP contribution >= 0.6 is 0 Å². The Morgan fingerprint density at radius 2 is 0.837 bits per heavy atom. The Bertz CT molecular complexity index is 1670. The summed E-state index contributed by atoms with van der Waals surface area (Å²) in [5, 5.41) is 0. The van der Waals surface area contributed by atoms with Crippen molar-refractivity contribution in [2.75, 3.05) is 68.8 Å². The van der Waals surface area contributed by atoms with Crippen molar-refractivity contribution in [2.24, 2.45) is 0 Å². The molecule has 0 N–H and O–H groups in total. The van der Waals surface area contributed by atoms with E-state index >= 15 is 0 Å². The number of aryl methyl sites for hydroxylation is 2. The first kappa shape index (κ1) is 34.9. The number of carbonyl (C=O) groups excluding carboxylic acids is 2. The fraction of sp³-hybridized carbons (Fsp3) is 0.333. The van der Waals surface area contributed by atoms with Crippen molar-refractivity contribution < 1.29 is 38.0 Å². The summed E-state index contributed by atoms with van der Waals surface area (Å²) in [5.74, 6) is 2.99. The first-order valence-corrected chi connectivity index (χ1v) is 16.1. The summed E-state index contributed by atoms with van der Waals surface area (Å²) in [6.45, 7) is 5.93. The van der Waals surface area contributed by atoms with Crippen molar-refractivity contribution in [3.63, 3.8) is 0 Å². The Kier molecular flexibility index (Phi) is 10.9. The maximum Gasteiger partial charge on any atom is 0.253 e. The number of amides is 2. The van der Waals surface area contributed by atoms with Crippen molar-refractivity contribution in [1.29, 1.82) is 0 Å². The first-order chi connectivity index (χ1) is 23.7. The second kappa shape index (κ2) is 15.2. The lowest BCUT2D eigenvalue weighted by atomic mass is 9.97. The Morgan fingerprint density at radius 3 is 1.14 bits per heavy atom. The fourth-order valence-electron chi connectivity index (χ4n) is 6.29. The summed E-state index contributed by atoms with van der Waals surface area (Å²) >= 11 is 0. The third-order valence-electron chi connectivity index (χ3n) is 8.99. The van der Waals surface area contributed by atoms with Crippen molar-refractivity contribution in [1.82, 2.24) is 9.80 Å². The zero-order valence-electron chi connectivity index (χ0n) is 29.5. The molecule has 0 spiro atoms. The van der Waals surface area contributed by atoms with Crippen LogP contribution in [0.25, 0.3) is 22.3 Å². The molecule has 0 atom stereocenters. The maximum absolute atomic E-state index is 13.9. The monoisotopic (exact) mass is 668 g/mol. The molecule has 2 amide bonds. The molecule has 5 rings (SSSR count). The summed E-state index contributed by atoms with van der Waals surface area (Å²) in [7, 11) is 9.44.